The number of aromatic nitrogens is 1. The molecule has 106 valence electrons. The number of amides is 1. The summed E-state index contributed by atoms with van der Waals surface area (Å²) in [5.74, 6) is 0.443. The molecular weight excluding hydrogens is 240 g/mol. The molecule has 1 fully saturated rings. The number of carbonyl (C=O) groups is 1. The molecule has 2 rings (SSSR count). The first-order valence-corrected chi connectivity index (χ1v) is 7.20. The zero-order valence-electron chi connectivity index (χ0n) is 11.8. The molecule has 0 unspecified atom stereocenters. The summed E-state index contributed by atoms with van der Waals surface area (Å²) in [6.07, 6.45) is 5.90. The van der Waals surface area contributed by atoms with Crippen LogP contribution in [0.15, 0.2) is 18.3 Å². The maximum atomic E-state index is 12.3. The van der Waals surface area contributed by atoms with Crippen LogP contribution in [-0.2, 0) is 0 Å². The minimum Gasteiger partial charge on any atom is -0.396 e. The Balaban J connectivity index is 1.93. The number of nitrogens with one attached hydrogen (secondary N) is 1. The van der Waals surface area contributed by atoms with E-state index in [4.69, 9.17) is 5.11 Å². The van der Waals surface area contributed by atoms with Crippen molar-refractivity contribution in [1.29, 1.82) is 0 Å². The highest BCUT2D eigenvalue weighted by Crippen LogP contribution is 2.24. The molecule has 1 aliphatic rings. The predicted molar refractivity (Wildman–Crippen MR) is 75.1 cm³/mol. The Morgan fingerprint density at radius 1 is 1.42 bits per heavy atom. The summed E-state index contributed by atoms with van der Waals surface area (Å²) in [6.45, 7) is 4.42. The number of carbonyl (C=O) groups excluding carboxylic acids is 1. The summed E-state index contributed by atoms with van der Waals surface area (Å²) in [4.78, 5) is 12.3. The second-order valence-corrected chi connectivity index (χ2v) is 5.77. The zero-order valence-corrected chi connectivity index (χ0v) is 11.8. The van der Waals surface area contributed by atoms with E-state index in [0.717, 1.165) is 31.4 Å². The van der Waals surface area contributed by atoms with Gasteiger partial charge < -0.3 is 15.0 Å². The van der Waals surface area contributed by atoms with Crippen LogP contribution in [0.1, 0.15) is 56.1 Å². The van der Waals surface area contributed by atoms with E-state index in [-0.39, 0.29) is 18.6 Å². The van der Waals surface area contributed by atoms with E-state index >= 15 is 0 Å². The summed E-state index contributed by atoms with van der Waals surface area (Å²) in [5.41, 5.74) is 0.735. The smallest absolute Gasteiger partial charge is 0.268 e. The molecule has 1 amide bonds. The Hall–Kier alpha value is -1.29. The van der Waals surface area contributed by atoms with E-state index in [9.17, 15) is 4.79 Å². The van der Waals surface area contributed by atoms with Crippen molar-refractivity contribution in [2.24, 2.45) is 5.92 Å². The van der Waals surface area contributed by atoms with Gasteiger partial charge in [0.1, 0.15) is 5.69 Å². The van der Waals surface area contributed by atoms with Crippen LogP contribution >= 0.6 is 0 Å². The molecule has 0 atom stereocenters. The van der Waals surface area contributed by atoms with Gasteiger partial charge in [-0.2, -0.15) is 0 Å². The molecular formula is C15H24N2O2. The van der Waals surface area contributed by atoms with Crippen molar-refractivity contribution < 1.29 is 9.90 Å². The molecule has 0 saturated heterocycles. The van der Waals surface area contributed by atoms with E-state index < -0.39 is 0 Å². The maximum absolute atomic E-state index is 12.3. The van der Waals surface area contributed by atoms with Crippen molar-refractivity contribution in [3.63, 3.8) is 0 Å². The number of aliphatic hydroxyl groups excluding tert-OH is 1. The third kappa shape index (κ3) is 3.38. The van der Waals surface area contributed by atoms with Crippen LogP contribution in [0.3, 0.4) is 0 Å². The highest BCUT2D eigenvalue weighted by Gasteiger charge is 2.23. The monoisotopic (exact) mass is 264 g/mol. The Morgan fingerprint density at radius 2 is 2.11 bits per heavy atom. The lowest BCUT2D eigenvalue weighted by atomic mass is 9.86. The van der Waals surface area contributed by atoms with Crippen molar-refractivity contribution in [3.8, 4) is 0 Å². The first kappa shape index (κ1) is 14.1. The molecule has 1 aliphatic carbocycles. The molecule has 1 saturated carbocycles. The lowest BCUT2D eigenvalue weighted by molar-refractivity contribution is 0.0903. The van der Waals surface area contributed by atoms with Gasteiger partial charge >= 0.3 is 0 Å². The van der Waals surface area contributed by atoms with E-state index in [1.165, 1.54) is 0 Å². The van der Waals surface area contributed by atoms with Crippen LogP contribution in [0.4, 0.5) is 0 Å². The standard InChI is InChI=1S/C15H24N2O2/c1-11(2)17-9-3-4-14(17)15(19)16-13-7-5-12(10-18)6-8-13/h3-4,9,11-13,18H,5-8,10H2,1-2H3,(H,16,19). The van der Waals surface area contributed by atoms with Gasteiger partial charge in [0.2, 0.25) is 0 Å². The first-order valence-electron chi connectivity index (χ1n) is 7.20. The minimum absolute atomic E-state index is 0.0196. The van der Waals surface area contributed by atoms with Crippen molar-refractivity contribution in [1.82, 2.24) is 9.88 Å². The van der Waals surface area contributed by atoms with E-state index in [1.54, 1.807) is 0 Å². The first-order chi connectivity index (χ1) is 9.11. The van der Waals surface area contributed by atoms with Crippen LogP contribution in [0.25, 0.3) is 0 Å². The number of nitrogens with zero attached hydrogens (tertiary/aromatic N) is 1. The Kier molecular flexibility index (Phi) is 4.64. The SMILES string of the molecule is CC(C)n1cccc1C(=O)NC1CCC(CO)CC1. The largest absolute Gasteiger partial charge is 0.396 e. The van der Waals surface area contributed by atoms with E-state index in [2.05, 4.69) is 19.2 Å². The van der Waals surface area contributed by atoms with E-state index in [0.29, 0.717) is 12.0 Å². The second-order valence-electron chi connectivity index (χ2n) is 5.77. The molecule has 4 nitrogen and oxygen atoms in total. The third-order valence-electron chi connectivity index (χ3n) is 4.01. The highest BCUT2D eigenvalue weighted by molar-refractivity contribution is 5.93. The van der Waals surface area contributed by atoms with Gasteiger partial charge in [0.25, 0.3) is 5.91 Å². The minimum atomic E-state index is 0.0196. The molecule has 0 aromatic carbocycles. The molecule has 0 radical (unpaired) electrons. The van der Waals surface area contributed by atoms with Crippen LogP contribution in [0.2, 0.25) is 0 Å². The molecule has 1 aromatic heterocycles. The molecule has 19 heavy (non-hydrogen) atoms. The molecule has 1 heterocycles. The van der Waals surface area contributed by atoms with Crippen LogP contribution in [0.5, 0.6) is 0 Å². The number of aliphatic hydroxyl groups is 1. The quantitative estimate of drug-likeness (QED) is 0.877. The summed E-state index contributed by atoms with van der Waals surface area (Å²) in [7, 11) is 0. The van der Waals surface area contributed by atoms with Gasteiger partial charge in [-0.1, -0.05) is 0 Å². The molecule has 0 bridgehead atoms. The Labute approximate surface area is 114 Å². The summed E-state index contributed by atoms with van der Waals surface area (Å²) in [6, 6.07) is 4.33. The van der Waals surface area contributed by atoms with Crippen molar-refractivity contribution in [2.75, 3.05) is 6.61 Å². The highest BCUT2D eigenvalue weighted by atomic mass is 16.3. The molecule has 0 aliphatic heterocycles. The van der Waals surface area contributed by atoms with E-state index in [1.807, 2.05) is 22.9 Å². The average molecular weight is 264 g/mol. The molecule has 1 aromatic rings. The fraction of sp³-hybridized carbons (Fsp3) is 0.667. The molecule has 2 N–H and O–H groups in total. The van der Waals surface area contributed by atoms with Crippen molar-refractivity contribution >= 4 is 5.91 Å². The number of rotatable bonds is 4. The summed E-state index contributed by atoms with van der Waals surface area (Å²) < 4.78 is 1.99. The van der Waals surface area contributed by atoms with Gasteiger partial charge in [-0.05, 0) is 57.6 Å². The molecule has 0 spiro atoms. The second kappa shape index (κ2) is 6.24. The Morgan fingerprint density at radius 3 is 2.68 bits per heavy atom. The normalized spacial score (nSPS) is 23.6. The number of hydrogen-bond donors (Lipinski definition) is 2. The van der Waals surface area contributed by atoms with Crippen molar-refractivity contribution in [2.45, 2.75) is 51.6 Å². The van der Waals surface area contributed by atoms with Gasteiger partial charge in [-0.3, -0.25) is 4.79 Å². The lowest BCUT2D eigenvalue weighted by Gasteiger charge is -2.28. The Bertz CT molecular complexity index is 418. The van der Waals surface area contributed by atoms with Crippen LogP contribution in [-0.4, -0.2) is 28.2 Å². The van der Waals surface area contributed by atoms with Gasteiger partial charge in [0.15, 0.2) is 0 Å². The van der Waals surface area contributed by atoms with Gasteiger partial charge in [0.05, 0.1) is 0 Å². The predicted octanol–water partition coefficient (Wildman–Crippen LogP) is 2.35. The van der Waals surface area contributed by atoms with Crippen molar-refractivity contribution in [3.05, 3.63) is 24.0 Å². The van der Waals surface area contributed by atoms with Crippen LogP contribution in [0, 0.1) is 5.92 Å². The maximum Gasteiger partial charge on any atom is 0.268 e. The van der Waals surface area contributed by atoms with Gasteiger partial charge in [-0.15, -0.1) is 0 Å². The third-order valence-corrected chi connectivity index (χ3v) is 4.01. The fourth-order valence-electron chi connectivity index (χ4n) is 2.79. The number of hydrogen-bond acceptors (Lipinski definition) is 2. The molecule has 4 heteroatoms. The average Bonchev–Trinajstić information content (AvgIpc) is 2.89. The lowest BCUT2D eigenvalue weighted by Crippen LogP contribution is -2.39. The summed E-state index contributed by atoms with van der Waals surface area (Å²) >= 11 is 0. The van der Waals surface area contributed by atoms with Gasteiger partial charge in [0, 0.05) is 24.9 Å². The van der Waals surface area contributed by atoms with Gasteiger partial charge in [-0.25, -0.2) is 0 Å². The fourth-order valence-corrected chi connectivity index (χ4v) is 2.79. The van der Waals surface area contributed by atoms with Crippen LogP contribution < -0.4 is 5.32 Å². The summed E-state index contributed by atoms with van der Waals surface area (Å²) in [5, 5.41) is 12.2. The zero-order chi connectivity index (χ0) is 13.8. The topological polar surface area (TPSA) is 54.3 Å².